The Balaban J connectivity index is 1.52. The van der Waals surface area contributed by atoms with Crippen LogP contribution in [0.15, 0.2) is 36.0 Å². The van der Waals surface area contributed by atoms with Gasteiger partial charge in [0.1, 0.15) is 0 Å². The molecule has 140 valence electrons. The summed E-state index contributed by atoms with van der Waals surface area (Å²) < 4.78 is 6.56. The van der Waals surface area contributed by atoms with E-state index in [9.17, 15) is 4.79 Å². The minimum Gasteiger partial charge on any atom is -0.370 e. The second-order valence-corrected chi connectivity index (χ2v) is 9.84. The fraction of sp³-hybridized carbons (Fsp3) is 0.708. The van der Waals surface area contributed by atoms with Crippen LogP contribution in [0, 0.1) is 29.1 Å². The molecule has 5 rings (SSSR count). The van der Waals surface area contributed by atoms with Gasteiger partial charge in [-0.3, -0.25) is 4.79 Å². The molecule has 0 amide bonds. The van der Waals surface area contributed by atoms with E-state index in [2.05, 4.69) is 20.1 Å². The number of allylic oxidation sites excluding steroid dienone is 2. The molecule has 4 aliphatic carbocycles. The smallest absolute Gasteiger partial charge is 0.155 e. The standard InChI is InChI=1S/C24H32O2/c1-15-14-23(3)21(10-11-24(23)16(2)5-4-12-26-24)20-8-6-17-13-18(25)7-9-19(17)22(15)20/h13,19-22H,1-2,4-12,14H2,3H3/t19-,20-,21-,22+,23-,24+/m0/s1. The van der Waals surface area contributed by atoms with Crippen molar-refractivity contribution in [3.63, 3.8) is 0 Å². The van der Waals surface area contributed by atoms with E-state index in [1.54, 1.807) is 0 Å². The first-order valence-corrected chi connectivity index (χ1v) is 10.7. The van der Waals surface area contributed by atoms with E-state index in [-0.39, 0.29) is 11.0 Å². The van der Waals surface area contributed by atoms with Gasteiger partial charge in [-0.1, -0.05) is 31.2 Å². The van der Waals surface area contributed by atoms with Crippen LogP contribution >= 0.6 is 0 Å². The van der Waals surface area contributed by atoms with E-state index in [0.717, 1.165) is 51.6 Å². The molecule has 0 N–H and O–H groups in total. The van der Waals surface area contributed by atoms with Crippen LogP contribution in [0.2, 0.25) is 0 Å². The Bertz CT molecular complexity index is 716. The number of rotatable bonds is 0. The average Bonchev–Trinajstić information content (AvgIpc) is 2.90. The molecule has 1 heterocycles. The Morgan fingerprint density at radius 2 is 2.00 bits per heavy atom. The number of fused-ring (bicyclic) bond motifs is 6. The lowest BCUT2D eigenvalue weighted by Crippen LogP contribution is -2.56. The highest BCUT2D eigenvalue weighted by Crippen LogP contribution is 2.68. The zero-order chi connectivity index (χ0) is 18.1. The maximum absolute atomic E-state index is 11.9. The second kappa shape index (κ2) is 5.67. The van der Waals surface area contributed by atoms with E-state index in [4.69, 9.17) is 4.74 Å². The molecule has 2 nitrogen and oxygen atoms in total. The Kier molecular flexibility index (Phi) is 3.71. The maximum Gasteiger partial charge on any atom is 0.155 e. The maximum atomic E-state index is 11.9. The lowest BCUT2D eigenvalue weighted by atomic mass is 9.48. The summed E-state index contributed by atoms with van der Waals surface area (Å²) in [6.45, 7) is 12.5. The quantitative estimate of drug-likeness (QED) is 0.546. The van der Waals surface area contributed by atoms with Crippen molar-refractivity contribution in [1.29, 1.82) is 0 Å². The van der Waals surface area contributed by atoms with E-state index in [1.165, 1.54) is 29.6 Å². The second-order valence-electron chi connectivity index (χ2n) is 9.84. The lowest BCUT2D eigenvalue weighted by molar-refractivity contribution is -0.133. The van der Waals surface area contributed by atoms with Gasteiger partial charge in [-0.05, 0) is 86.7 Å². The molecule has 0 radical (unpaired) electrons. The molecular weight excluding hydrogens is 320 g/mol. The van der Waals surface area contributed by atoms with Crippen molar-refractivity contribution in [2.75, 3.05) is 6.61 Å². The van der Waals surface area contributed by atoms with Crippen LogP contribution in [0.5, 0.6) is 0 Å². The van der Waals surface area contributed by atoms with Crippen LogP contribution in [0.1, 0.15) is 64.7 Å². The van der Waals surface area contributed by atoms with Gasteiger partial charge in [0.25, 0.3) is 0 Å². The van der Waals surface area contributed by atoms with E-state index >= 15 is 0 Å². The van der Waals surface area contributed by atoms with Crippen LogP contribution in [0.3, 0.4) is 0 Å². The predicted octanol–water partition coefficient (Wildman–Crippen LogP) is 5.40. The summed E-state index contributed by atoms with van der Waals surface area (Å²) in [4.78, 5) is 11.9. The normalized spacial score (nSPS) is 48.0. The summed E-state index contributed by atoms with van der Waals surface area (Å²) in [5, 5.41) is 0. The molecule has 1 aliphatic heterocycles. The van der Waals surface area contributed by atoms with Crippen LogP contribution in [-0.4, -0.2) is 18.0 Å². The molecule has 2 heteroatoms. The first-order chi connectivity index (χ1) is 12.5. The van der Waals surface area contributed by atoms with Gasteiger partial charge in [-0.2, -0.15) is 0 Å². The molecule has 3 saturated carbocycles. The van der Waals surface area contributed by atoms with Gasteiger partial charge in [0, 0.05) is 18.4 Å². The van der Waals surface area contributed by atoms with Crippen LogP contribution < -0.4 is 0 Å². The fourth-order valence-electron chi connectivity index (χ4n) is 7.85. The minimum atomic E-state index is -0.109. The van der Waals surface area contributed by atoms with Gasteiger partial charge >= 0.3 is 0 Å². The van der Waals surface area contributed by atoms with Gasteiger partial charge in [0.05, 0.1) is 5.60 Å². The number of hydrogen-bond donors (Lipinski definition) is 0. The van der Waals surface area contributed by atoms with Gasteiger partial charge in [-0.25, -0.2) is 0 Å². The molecule has 1 saturated heterocycles. The number of carbonyl (C=O) groups excluding carboxylic acids is 1. The number of carbonyl (C=O) groups is 1. The molecule has 0 aromatic heterocycles. The molecule has 4 fully saturated rings. The van der Waals surface area contributed by atoms with Gasteiger partial charge in [0.15, 0.2) is 5.78 Å². The molecule has 0 aromatic rings. The Hall–Kier alpha value is -1.15. The first-order valence-electron chi connectivity index (χ1n) is 10.7. The molecule has 1 spiro atoms. The zero-order valence-corrected chi connectivity index (χ0v) is 16.2. The molecule has 26 heavy (non-hydrogen) atoms. The first kappa shape index (κ1) is 17.0. The van der Waals surface area contributed by atoms with Gasteiger partial charge in [0.2, 0.25) is 0 Å². The molecule has 0 unspecified atom stereocenters. The Morgan fingerprint density at radius 3 is 2.81 bits per heavy atom. The van der Waals surface area contributed by atoms with Gasteiger partial charge < -0.3 is 4.74 Å². The summed E-state index contributed by atoms with van der Waals surface area (Å²) in [5.74, 6) is 2.94. The Morgan fingerprint density at radius 1 is 1.15 bits per heavy atom. The summed E-state index contributed by atoms with van der Waals surface area (Å²) in [5.41, 5.74) is 4.26. The highest BCUT2D eigenvalue weighted by Gasteiger charge is 2.65. The van der Waals surface area contributed by atoms with Gasteiger partial charge in [-0.15, -0.1) is 0 Å². The third-order valence-electron chi connectivity index (χ3n) is 8.86. The van der Waals surface area contributed by atoms with Crippen molar-refractivity contribution >= 4 is 5.78 Å². The molecule has 0 aromatic carbocycles. The molecule has 0 bridgehead atoms. The lowest BCUT2D eigenvalue weighted by Gasteiger charge is -2.58. The van der Waals surface area contributed by atoms with Crippen molar-refractivity contribution in [3.8, 4) is 0 Å². The van der Waals surface area contributed by atoms with E-state index in [0.29, 0.717) is 29.5 Å². The van der Waals surface area contributed by atoms with Crippen LogP contribution in [-0.2, 0) is 9.53 Å². The predicted molar refractivity (Wildman–Crippen MR) is 104 cm³/mol. The third-order valence-corrected chi connectivity index (χ3v) is 8.86. The van der Waals surface area contributed by atoms with Crippen molar-refractivity contribution in [2.45, 2.75) is 70.3 Å². The minimum absolute atomic E-state index is 0.109. The summed E-state index contributed by atoms with van der Waals surface area (Å²) in [7, 11) is 0. The largest absolute Gasteiger partial charge is 0.370 e. The number of ketones is 1. The monoisotopic (exact) mass is 352 g/mol. The summed E-state index contributed by atoms with van der Waals surface area (Å²) >= 11 is 0. The van der Waals surface area contributed by atoms with E-state index < -0.39 is 0 Å². The molecule has 6 atom stereocenters. The molecule has 5 aliphatic rings. The van der Waals surface area contributed by atoms with Crippen molar-refractivity contribution in [3.05, 3.63) is 36.0 Å². The summed E-state index contributed by atoms with van der Waals surface area (Å²) in [6, 6.07) is 0. The summed E-state index contributed by atoms with van der Waals surface area (Å²) in [6.07, 6.45) is 11.8. The van der Waals surface area contributed by atoms with Crippen molar-refractivity contribution < 1.29 is 9.53 Å². The zero-order valence-electron chi connectivity index (χ0n) is 16.2. The number of hydrogen-bond acceptors (Lipinski definition) is 2. The van der Waals surface area contributed by atoms with Crippen molar-refractivity contribution in [1.82, 2.24) is 0 Å². The fourth-order valence-corrected chi connectivity index (χ4v) is 7.85. The van der Waals surface area contributed by atoms with Crippen molar-refractivity contribution in [2.24, 2.45) is 29.1 Å². The Labute approximate surface area is 157 Å². The highest BCUT2D eigenvalue weighted by molar-refractivity contribution is 5.91. The van der Waals surface area contributed by atoms with E-state index in [1.807, 2.05) is 6.08 Å². The van der Waals surface area contributed by atoms with Crippen LogP contribution in [0.4, 0.5) is 0 Å². The SMILES string of the molecule is C=C1C[C@@]2(C)[C@@H](CC[C@]23OCCCC3=C)[C@@H]2CCC3=CC(=O)CC[C@@H]3[C@@H]12. The third kappa shape index (κ3) is 2.06. The topological polar surface area (TPSA) is 26.3 Å². The highest BCUT2D eigenvalue weighted by atomic mass is 16.5. The average molecular weight is 353 g/mol. The number of ether oxygens (including phenoxy) is 1. The molecular formula is C24H32O2. The van der Waals surface area contributed by atoms with Crippen LogP contribution in [0.25, 0.3) is 0 Å².